The largest absolute Gasteiger partial charge is 1.00 e. The molecule has 4 heteroatoms. The molecule has 69 heavy (non-hydrogen) atoms. The molecule has 0 fully saturated rings. The van der Waals surface area contributed by atoms with Crippen LogP contribution in [0.1, 0.15) is 11.1 Å². The minimum Gasteiger partial charge on any atom is -0.366 e. The fourth-order valence-electron chi connectivity index (χ4n) is 9.01. The molecule has 0 radical (unpaired) electrons. The minimum absolute atomic E-state index is 0. The summed E-state index contributed by atoms with van der Waals surface area (Å²) in [6, 6.07) is 91.0. The van der Waals surface area contributed by atoms with Crippen molar-refractivity contribution in [3.8, 4) is 11.8 Å². The van der Waals surface area contributed by atoms with Gasteiger partial charge in [-0.1, -0.05) is 133 Å². The molecule has 0 bridgehead atoms. The fraction of sp³-hybridized carbons (Fsp3) is 0.0154. The third-order valence-electron chi connectivity index (χ3n) is 12.5. The second-order valence-electron chi connectivity index (χ2n) is 16.8. The molecular formula is C65H46Au2P2+2. The van der Waals surface area contributed by atoms with Crippen LogP contribution in [-0.2, 0) is 44.8 Å². The molecule has 0 saturated carbocycles. The van der Waals surface area contributed by atoms with E-state index in [9.17, 15) is 0 Å². The molecule has 0 saturated heterocycles. The quantitative estimate of drug-likeness (QED) is 0.0512. The summed E-state index contributed by atoms with van der Waals surface area (Å²) >= 11 is 0. The number of hydrogen-bond donors (Lipinski definition) is 0. The van der Waals surface area contributed by atoms with Gasteiger partial charge in [-0.2, -0.15) is 0 Å². The van der Waals surface area contributed by atoms with Crippen molar-refractivity contribution in [2.45, 2.75) is 0 Å². The molecule has 0 heterocycles. The standard InChI is InChI=1S/C25H22P2.2C20H11.2Au/c1-5-13-22(14-6-1)26(23-15-7-2-8-16-23)21-27(24-17-9-3-10-18-24)25-19-11-4-12-20-25;2*1-2-14-7-8-17-12-19-10-15-5-3-4-6-16(15)11-20(19)13-18(17)9-14;;/h1-20H,21H2;2*3-13H;;/q;2*-1;2*+1/p+2. The molecule has 0 aromatic heterocycles. The first-order valence-corrected chi connectivity index (χ1v) is 26.0. The molecule has 0 N–H and O–H groups in total. The zero-order valence-corrected chi connectivity index (χ0v) is 43.9. The smallest absolute Gasteiger partial charge is 0.366 e. The minimum atomic E-state index is -0.847. The molecule has 0 aliphatic rings. The van der Waals surface area contributed by atoms with E-state index in [1.807, 2.05) is 24.3 Å². The van der Waals surface area contributed by atoms with Crippen LogP contribution in [0.2, 0.25) is 0 Å². The fourth-order valence-corrected chi connectivity index (χ4v) is 16.7. The molecule has 12 aromatic rings. The van der Waals surface area contributed by atoms with Crippen molar-refractivity contribution in [3.05, 3.63) is 279 Å². The van der Waals surface area contributed by atoms with Crippen molar-refractivity contribution in [2.24, 2.45) is 0 Å². The number of hydrogen-bond acceptors (Lipinski definition) is 0. The molecular weight excluding hydrogens is 1240 g/mol. The topological polar surface area (TPSA) is 0 Å². The Balaban J connectivity index is 0.000000140. The molecule has 12 rings (SSSR count). The second kappa shape index (κ2) is 23.3. The van der Waals surface area contributed by atoms with Crippen molar-refractivity contribution < 1.29 is 44.8 Å². The van der Waals surface area contributed by atoms with Crippen molar-refractivity contribution in [1.82, 2.24) is 0 Å². The maximum Gasteiger partial charge on any atom is 1.00 e. The van der Waals surface area contributed by atoms with Crippen molar-refractivity contribution in [3.63, 3.8) is 0 Å². The van der Waals surface area contributed by atoms with Crippen molar-refractivity contribution in [1.29, 1.82) is 0 Å². The Bertz CT molecular complexity index is 3420. The number of rotatable bonds is 6. The van der Waals surface area contributed by atoms with Crippen LogP contribution in [-0.4, -0.2) is 5.90 Å². The second-order valence-corrected chi connectivity index (χ2v) is 22.4. The van der Waals surface area contributed by atoms with Gasteiger partial charge in [0.2, 0.25) is 0 Å². The molecule has 336 valence electrons. The first-order valence-electron chi connectivity index (χ1n) is 22.6. The molecule has 0 unspecified atom stereocenters. The van der Waals surface area contributed by atoms with Gasteiger partial charge in [-0.15, -0.1) is 35.4 Å². The molecule has 12 aromatic carbocycles. The van der Waals surface area contributed by atoms with Crippen LogP contribution >= 0.6 is 15.8 Å². The van der Waals surface area contributed by atoms with Gasteiger partial charge in [0.25, 0.3) is 0 Å². The van der Waals surface area contributed by atoms with E-state index in [1.54, 1.807) is 0 Å². The third-order valence-corrected chi connectivity index (χ3v) is 19.4. The van der Waals surface area contributed by atoms with E-state index in [0.717, 1.165) is 21.9 Å². The van der Waals surface area contributed by atoms with Gasteiger partial charge in [0.1, 0.15) is 37.1 Å². The van der Waals surface area contributed by atoms with Crippen LogP contribution in [0.15, 0.2) is 255 Å². The zero-order valence-electron chi connectivity index (χ0n) is 37.6. The van der Waals surface area contributed by atoms with E-state index in [1.165, 1.54) is 81.0 Å². The molecule has 0 aliphatic heterocycles. The normalized spacial score (nSPS) is 10.7. The summed E-state index contributed by atoms with van der Waals surface area (Å²) in [6.07, 6.45) is 14.5. The van der Waals surface area contributed by atoms with Crippen LogP contribution in [0.25, 0.3) is 64.6 Å². The predicted molar refractivity (Wildman–Crippen MR) is 296 cm³/mol. The summed E-state index contributed by atoms with van der Waals surface area (Å²) in [5.41, 5.74) is 1.63. The SMILES string of the molecule is [Au+].[Au+].[C-]#Cc1ccc2cc3cc4ccccc4cc3cc2c1.[C-]#Cc1ccc2cc3cc4ccccc4cc3cc2c1.c1ccc([PH+](C[PH+](c2ccccc2)c2ccccc2)c2ccccc2)cc1. The summed E-state index contributed by atoms with van der Waals surface area (Å²) < 4.78 is 0. The van der Waals surface area contributed by atoms with Gasteiger partial charge in [-0.3, -0.25) is 11.8 Å². The van der Waals surface area contributed by atoms with Gasteiger partial charge < -0.3 is 12.8 Å². The van der Waals surface area contributed by atoms with Gasteiger partial charge in [0, 0.05) is 0 Å². The summed E-state index contributed by atoms with van der Waals surface area (Å²) in [4.78, 5) is 0. The van der Waals surface area contributed by atoms with Crippen LogP contribution in [0.4, 0.5) is 0 Å². The van der Waals surface area contributed by atoms with Gasteiger partial charge >= 0.3 is 44.8 Å². The molecule has 0 spiro atoms. The van der Waals surface area contributed by atoms with Gasteiger partial charge in [-0.25, -0.2) is 0 Å². The molecule has 0 amide bonds. The zero-order chi connectivity index (χ0) is 45.4. The Morgan fingerprint density at radius 2 is 0.464 bits per heavy atom. The Hall–Kier alpha value is -6.34. The average Bonchev–Trinajstić information content (AvgIpc) is 3.39. The van der Waals surface area contributed by atoms with Crippen LogP contribution in [0.5, 0.6) is 0 Å². The van der Waals surface area contributed by atoms with Crippen LogP contribution in [0.3, 0.4) is 0 Å². The Kier molecular flexibility index (Phi) is 16.6. The van der Waals surface area contributed by atoms with Gasteiger partial charge in [-0.05, 0) is 162 Å². The summed E-state index contributed by atoms with van der Waals surface area (Å²) in [5, 5.41) is 20.8. The van der Waals surface area contributed by atoms with Crippen molar-refractivity contribution in [2.75, 3.05) is 5.90 Å². The monoisotopic (exact) mass is 1280 g/mol. The first kappa shape index (κ1) is 49.1. The summed E-state index contributed by atoms with van der Waals surface area (Å²) in [5.74, 6) is 6.14. The van der Waals surface area contributed by atoms with Crippen molar-refractivity contribution >= 4 is 102 Å². The van der Waals surface area contributed by atoms with E-state index in [-0.39, 0.29) is 44.8 Å². The summed E-state index contributed by atoms with van der Waals surface area (Å²) in [6.45, 7) is 0. The Labute approximate surface area is 439 Å². The maximum absolute atomic E-state index is 7.24. The number of benzene rings is 12. The molecule has 0 atom stereocenters. The van der Waals surface area contributed by atoms with E-state index >= 15 is 0 Å². The average molecular weight is 1280 g/mol. The van der Waals surface area contributed by atoms with E-state index < -0.39 is 15.8 Å². The predicted octanol–water partition coefficient (Wildman–Crippen LogP) is 14.8. The molecule has 0 nitrogen and oxygen atoms in total. The Morgan fingerprint density at radius 1 is 0.246 bits per heavy atom. The van der Waals surface area contributed by atoms with Gasteiger partial charge in [0.15, 0.2) is 5.90 Å². The molecule has 0 aliphatic carbocycles. The van der Waals surface area contributed by atoms with Gasteiger partial charge in [0.05, 0.1) is 0 Å². The number of fused-ring (bicyclic) bond motifs is 6. The van der Waals surface area contributed by atoms with E-state index in [2.05, 4.69) is 242 Å². The van der Waals surface area contributed by atoms with E-state index in [0.29, 0.717) is 0 Å². The van der Waals surface area contributed by atoms with Crippen LogP contribution < -0.4 is 21.2 Å². The first-order chi connectivity index (χ1) is 33.1. The summed E-state index contributed by atoms with van der Waals surface area (Å²) in [7, 11) is -1.69. The third kappa shape index (κ3) is 11.6. The Morgan fingerprint density at radius 3 is 0.725 bits per heavy atom. The maximum atomic E-state index is 7.24. The van der Waals surface area contributed by atoms with Crippen LogP contribution in [0, 0.1) is 24.7 Å². The van der Waals surface area contributed by atoms with E-state index in [4.69, 9.17) is 12.8 Å².